The normalized spacial score (nSPS) is 16.3. The number of nitrogens with zero attached hydrogens (tertiary/aromatic N) is 2. The van der Waals surface area contributed by atoms with Crippen LogP contribution < -0.4 is 0 Å². The van der Waals surface area contributed by atoms with E-state index in [0.29, 0.717) is 0 Å². The zero-order valence-electron chi connectivity index (χ0n) is 16.4. The predicted octanol–water partition coefficient (Wildman–Crippen LogP) is 3.99. The summed E-state index contributed by atoms with van der Waals surface area (Å²) in [5, 5.41) is -0.0126. The Balaban J connectivity index is 1.94. The molecule has 1 fully saturated rings. The van der Waals surface area contributed by atoms with Crippen LogP contribution in [0.5, 0.6) is 0 Å². The van der Waals surface area contributed by atoms with E-state index in [2.05, 4.69) is 0 Å². The van der Waals surface area contributed by atoms with E-state index in [1.807, 2.05) is 0 Å². The molecule has 162 valence electrons. The van der Waals surface area contributed by atoms with Crippen molar-refractivity contribution in [2.45, 2.75) is 17.9 Å². The van der Waals surface area contributed by atoms with E-state index in [9.17, 15) is 17.6 Å². The van der Waals surface area contributed by atoms with Gasteiger partial charge in [0, 0.05) is 20.1 Å². The van der Waals surface area contributed by atoms with Crippen molar-refractivity contribution in [2.24, 2.45) is 0 Å². The van der Waals surface area contributed by atoms with Crippen LogP contribution in [0, 0.1) is 5.82 Å². The molecule has 1 amide bonds. The highest BCUT2D eigenvalue weighted by atomic mass is 35.5. The Kier molecular flexibility index (Phi) is 7.04. The number of hydrogen-bond donors (Lipinski definition) is 0. The number of sulfonamides is 1. The molecule has 0 aliphatic carbocycles. The summed E-state index contributed by atoms with van der Waals surface area (Å²) in [5.41, 5.74) is 0.739. The van der Waals surface area contributed by atoms with Crippen LogP contribution in [0.4, 0.5) is 4.39 Å². The SMILES string of the molecule is CC(c1ccc(F)cc1)N(C)C(=O)c1cc(S(=O)(=O)N2CCOCC2)c(Cl)cc1Cl. The highest BCUT2D eigenvalue weighted by molar-refractivity contribution is 7.89. The third-order valence-corrected chi connectivity index (χ3v) is 7.77. The number of carbonyl (C=O) groups excluding carboxylic acids is 1. The molecule has 1 atom stereocenters. The number of rotatable bonds is 5. The molecule has 2 aromatic rings. The lowest BCUT2D eigenvalue weighted by Crippen LogP contribution is -2.40. The molecular weight excluding hydrogens is 454 g/mol. The van der Waals surface area contributed by atoms with Gasteiger partial charge in [0.15, 0.2) is 0 Å². The first-order valence-corrected chi connectivity index (χ1v) is 11.4. The number of hydrogen-bond acceptors (Lipinski definition) is 4. The largest absolute Gasteiger partial charge is 0.379 e. The molecule has 3 rings (SSSR count). The molecule has 6 nitrogen and oxygen atoms in total. The molecular formula is C20H21Cl2FN2O4S. The van der Waals surface area contributed by atoms with Crippen LogP contribution in [0.25, 0.3) is 0 Å². The summed E-state index contributed by atoms with van der Waals surface area (Å²) in [5.74, 6) is -0.856. The topological polar surface area (TPSA) is 66.9 Å². The number of ether oxygens (including phenoxy) is 1. The van der Waals surface area contributed by atoms with Crippen molar-refractivity contribution in [1.29, 1.82) is 0 Å². The van der Waals surface area contributed by atoms with Crippen molar-refractivity contribution in [3.05, 3.63) is 63.4 Å². The van der Waals surface area contributed by atoms with E-state index < -0.39 is 22.0 Å². The van der Waals surface area contributed by atoms with Crippen molar-refractivity contribution in [1.82, 2.24) is 9.21 Å². The first-order chi connectivity index (χ1) is 14.1. The molecule has 1 aliphatic heterocycles. The predicted molar refractivity (Wildman–Crippen MR) is 113 cm³/mol. The minimum Gasteiger partial charge on any atom is -0.379 e. The van der Waals surface area contributed by atoms with Crippen molar-refractivity contribution in [3.63, 3.8) is 0 Å². The maximum atomic E-state index is 13.2. The average molecular weight is 475 g/mol. The van der Waals surface area contributed by atoms with Gasteiger partial charge in [-0.25, -0.2) is 12.8 Å². The third-order valence-electron chi connectivity index (χ3n) is 5.09. The maximum absolute atomic E-state index is 13.2. The first kappa shape index (κ1) is 23.0. The number of carbonyl (C=O) groups is 1. The van der Waals surface area contributed by atoms with Gasteiger partial charge >= 0.3 is 0 Å². The van der Waals surface area contributed by atoms with E-state index in [1.165, 1.54) is 33.5 Å². The van der Waals surface area contributed by atoms with Gasteiger partial charge in [-0.15, -0.1) is 0 Å². The fraction of sp³-hybridized carbons (Fsp3) is 0.350. The van der Waals surface area contributed by atoms with Gasteiger partial charge in [0.05, 0.1) is 34.9 Å². The van der Waals surface area contributed by atoms with Crippen LogP contribution in [-0.4, -0.2) is 56.9 Å². The van der Waals surface area contributed by atoms with Gasteiger partial charge in [0.1, 0.15) is 10.7 Å². The van der Waals surface area contributed by atoms with Crippen molar-refractivity contribution in [3.8, 4) is 0 Å². The number of morpholine rings is 1. The summed E-state index contributed by atoms with van der Waals surface area (Å²) < 4.78 is 45.7. The van der Waals surface area contributed by atoms with Crippen LogP contribution in [0.15, 0.2) is 41.3 Å². The lowest BCUT2D eigenvalue weighted by atomic mass is 10.1. The molecule has 0 spiro atoms. The smallest absolute Gasteiger partial charge is 0.255 e. The molecule has 0 saturated carbocycles. The monoisotopic (exact) mass is 474 g/mol. The van der Waals surface area contributed by atoms with Gasteiger partial charge in [0.25, 0.3) is 5.91 Å². The lowest BCUT2D eigenvalue weighted by Gasteiger charge is -2.28. The summed E-state index contributed by atoms with van der Waals surface area (Å²) in [6.07, 6.45) is 0. The fourth-order valence-corrected chi connectivity index (χ4v) is 5.38. The Morgan fingerprint density at radius 1 is 1.13 bits per heavy atom. The quantitative estimate of drug-likeness (QED) is 0.656. The molecule has 2 aromatic carbocycles. The second-order valence-corrected chi connectivity index (χ2v) is 9.64. The van der Waals surface area contributed by atoms with Crippen LogP contribution >= 0.6 is 23.2 Å². The Hall–Kier alpha value is -1.71. The molecule has 30 heavy (non-hydrogen) atoms. The highest BCUT2D eigenvalue weighted by Gasteiger charge is 2.31. The first-order valence-electron chi connectivity index (χ1n) is 9.22. The molecule has 0 bridgehead atoms. The van der Waals surface area contributed by atoms with Crippen LogP contribution in [0.1, 0.15) is 28.9 Å². The second kappa shape index (κ2) is 9.20. The summed E-state index contributed by atoms with van der Waals surface area (Å²) in [6, 6.07) is 7.87. The van der Waals surface area contributed by atoms with Crippen LogP contribution in [0.2, 0.25) is 10.0 Å². The van der Waals surface area contributed by atoms with E-state index >= 15 is 0 Å². The van der Waals surface area contributed by atoms with Crippen molar-refractivity contribution >= 4 is 39.1 Å². The summed E-state index contributed by atoms with van der Waals surface area (Å²) in [4.78, 5) is 14.3. The van der Waals surface area contributed by atoms with Gasteiger partial charge in [-0.3, -0.25) is 4.79 Å². The van der Waals surface area contributed by atoms with Gasteiger partial charge in [-0.05, 0) is 36.8 Å². The van der Waals surface area contributed by atoms with E-state index in [4.69, 9.17) is 27.9 Å². The van der Waals surface area contributed by atoms with Crippen molar-refractivity contribution < 1.29 is 22.3 Å². The molecule has 1 aliphatic rings. The number of amides is 1. The summed E-state index contributed by atoms with van der Waals surface area (Å²) >= 11 is 12.4. The number of benzene rings is 2. The van der Waals surface area contributed by atoms with E-state index in [-0.39, 0.29) is 52.6 Å². The molecule has 1 saturated heterocycles. The minimum atomic E-state index is -3.92. The maximum Gasteiger partial charge on any atom is 0.255 e. The standard InChI is InChI=1S/C20H21Cl2FN2O4S/c1-13(14-3-5-15(23)6-4-14)24(2)20(26)16-11-19(18(22)12-17(16)21)30(27,28)25-7-9-29-10-8-25/h3-6,11-13H,7-10H2,1-2H3. The summed E-state index contributed by atoms with van der Waals surface area (Å²) in [7, 11) is -2.35. The van der Waals surface area contributed by atoms with Gasteiger partial charge in [-0.2, -0.15) is 4.31 Å². The zero-order valence-corrected chi connectivity index (χ0v) is 18.8. The minimum absolute atomic E-state index is 0.0179. The van der Waals surface area contributed by atoms with Gasteiger partial charge in [-0.1, -0.05) is 35.3 Å². The second-order valence-electron chi connectivity index (χ2n) is 6.92. The number of halogens is 3. The molecule has 1 heterocycles. The highest BCUT2D eigenvalue weighted by Crippen LogP contribution is 2.32. The lowest BCUT2D eigenvalue weighted by molar-refractivity contribution is 0.0729. The fourth-order valence-electron chi connectivity index (χ4n) is 3.15. The molecule has 1 unspecified atom stereocenters. The van der Waals surface area contributed by atoms with Crippen LogP contribution in [-0.2, 0) is 14.8 Å². The van der Waals surface area contributed by atoms with Crippen LogP contribution in [0.3, 0.4) is 0 Å². The molecule has 0 radical (unpaired) electrons. The Morgan fingerprint density at radius 2 is 1.73 bits per heavy atom. The van der Waals surface area contributed by atoms with Gasteiger partial charge in [0.2, 0.25) is 10.0 Å². The molecule has 10 heteroatoms. The van der Waals surface area contributed by atoms with E-state index in [0.717, 1.165) is 5.56 Å². The van der Waals surface area contributed by atoms with Crippen molar-refractivity contribution in [2.75, 3.05) is 33.4 Å². The molecule has 0 N–H and O–H groups in total. The van der Waals surface area contributed by atoms with E-state index in [1.54, 1.807) is 26.1 Å². The Morgan fingerprint density at radius 3 is 2.33 bits per heavy atom. The summed E-state index contributed by atoms with van der Waals surface area (Å²) in [6.45, 7) is 2.75. The van der Waals surface area contributed by atoms with Gasteiger partial charge < -0.3 is 9.64 Å². The zero-order chi connectivity index (χ0) is 22.1. The average Bonchev–Trinajstić information content (AvgIpc) is 2.73. The Labute approximate surface area is 185 Å². The third kappa shape index (κ3) is 4.63. The Bertz CT molecular complexity index is 1040. The molecule has 0 aromatic heterocycles.